The Balaban J connectivity index is 1.25. The van der Waals surface area contributed by atoms with Crippen molar-refractivity contribution in [1.29, 1.82) is 0 Å². The lowest BCUT2D eigenvalue weighted by Crippen LogP contribution is -2.34. The van der Waals surface area contributed by atoms with Crippen LogP contribution in [0.3, 0.4) is 0 Å². The molecule has 0 bridgehead atoms. The van der Waals surface area contributed by atoms with Crippen LogP contribution < -0.4 is 4.74 Å². The van der Waals surface area contributed by atoms with Gasteiger partial charge in [0.05, 0.1) is 24.9 Å². The van der Waals surface area contributed by atoms with E-state index in [4.69, 9.17) is 19.4 Å². The molecule has 35 heavy (non-hydrogen) atoms. The highest BCUT2D eigenvalue weighted by Crippen LogP contribution is 2.26. The zero-order chi connectivity index (χ0) is 23.8. The maximum atomic E-state index is 11.5. The zero-order valence-electron chi connectivity index (χ0n) is 19.1. The molecule has 1 fully saturated rings. The minimum atomic E-state index is -1.05. The van der Waals surface area contributed by atoms with E-state index in [1.165, 1.54) is 11.6 Å². The summed E-state index contributed by atoms with van der Waals surface area (Å²) >= 11 is 0. The van der Waals surface area contributed by atoms with Crippen LogP contribution in [0, 0.1) is 0 Å². The van der Waals surface area contributed by atoms with E-state index in [9.17, 15) is 9.90 Å². The number of aromatic carboxylic acids is 1. The highest BCUT2D eigenvalue weighted by atomic mass is 16.5. The molecule has 2 aliphatic rings. The quantitative estimate of drug-likeness (QED) is 0.436. The Hall–Kier alpha value is -3.82. The molecule has 3 aromatic heterocycles. The highest BCUT2D eigenvalue weighted by Gasteiger charge is 2.25. The van der Waals surface area contributed by atoms with E-state index in [1.54, 1.807) is 6.07 Å². The number of para-hydroxylation sites is 1. The average molecular weight is 472 g/mol. The summed E-state index contributed by atoms with van der Waals surface area (Å²) in [5.41, 5.74) is 3.52. The van der Waals surface area contributed by atoms with Gasteiger partial charge in [-0.25, -0.2) is 19.7 Å². The molecule has 9 nitrogen and oxygen atoms in total. The molecule has 178 valence electrons. The van der Waals surface area contributed by atoms with Crippen molar-refractivity contribution in [1.82, 2.24) is 24.4 Å². The van der Waals surface area contributed by atoms with Gasteiger partial charge in [0.2, 0.25) is 5.88 Å². The second-order valence-corrected chi connectivity index (χ2v) is 8.90. The molecule has 0 amide bonds. The summed E-state index contributed by atoms with van der Waals surface area (Å²) in [6.45, 7) is 3.53. The van der Waals surface area contributed by atoms with Crippen LogP contribution in [0.15, 0.2) is 54.6 Å². The fraction of sp³-hybridized carbons (Fsp3) is 0.308. The summed E-state index contributed by atoms with van der Waals surface area (Å²) in [4.78, 5) is 27.8. The number of rotatable bonds is 7. The summed E-state index contributed by atoms with van der Waals surface area (Å²) < 4.78 is 13.6. The van der Waals surface area contributed by atoms with Gasteiger partial charge in [-0.05, 0) is 42.7 Å². The van der Waals surface area contributed by atoms with Crippen molar-refractivity contribution in [3.63, 3.8) is 0 Å². The van der Waals surface area contributed by atoms with E-state index >= 15 is 0 Å². The molecule has 0 aliphatic carbocycles. The molecule has 4 aromatic rings. The standard InChI is InChI=1S/C26H25N5O4/c32-26(33)21-8-7-20-25(29-21)31(14-19-11-13-34-19)23(27-20)16-30-12-10-17-6-9-24(28-22(17)15-30)35-18-4-2-1-3-5-18/h1-9,19H,10-16H2,(H,32,33)/t19-/m0/s1. The summed E-state index contributed by atoms with van der Waals surface area (Å²) in [5.74, 6) is 1.14. The van der Waals surface area contributed by atoms with Crippen LogP contribution in [-0.4, -0.2) is 54.8 Å². The number of fused-ring (bicyclic) bond motifs is 2. The predicted octanol–water partition coefficient (Wildman–Crippen LogP) is 3.66. The molecule has 0 saturated carbocycles. The van der Waals surface area contributed by atoms with Crippen LogP contribution in [0.25, 0.3) is 11.2 Å². The van der Waals surface area contributed by atoms with Gasteiger partial charge in [-0.1, -0.05) is 24.3 Å². The average Bonchev–Trinajstić information content (AvgIpc) is 3.17. The minimum absolute atomic E-state index is 0.0155. The first-order chi connectivity index (χ1) is 17.1. The monoisotopic (exact) mass is 471 g/mol. The third-order valence-electron chi connectivity index (χ3n) is 6.51. The van der Waals surface area contributed by atoms with Crippen molar-refractivity contribution < 1.29 is 19.4 Å². The number of imidazole rings is 1. The van der Waals surface area contributed by atoms with Crippen LogP contribution in [-0.2, 0) is 30.8 Å². The van der Waals surface area contributed by atoms with E-state index in [2.05, 4.69) is 16.0 Å². The van der Waals surface area contributed by atoms with Gasteiger partial charge in [-0.3, -0.25) is 4.90 Å². The lowest BCUT2D eigenvalue weighted by Gasteiger charge is -2.30. The third kappa shape index (κ3) is 4.48. The molecular weight excluding hydrogens is 446 g/mol. The Bertz CT molecular complexity index is 1380. The first-order valence-electron chi connectivity index (χ1n) is 11.8. The first kappa shape index (κ1) is 21.7. The van der Waals surface area contributed by atoms with Crippen molar-refractivity contribution in [3.05, 3.63) is 77.4 Å². The van der Waals surface area contributed by atoms with Gasteiger partial charge in [0.1, 0.15) is 17.1 Å². The SMILES string of the molecule is O=C(O)c1ccc2nc(CN3CCc4ccc(Oc5ccccc5)nc4C3)n(C[C@@H]3CCO3)c2n1. The van der Waals surface area contributed by atoms with E-state index in [0.717, 1.165) is 43.3 Å². The number of carboxylic acid groups (broad SMARTS) is 1. The molecule has 0 radical (unpaired) electrons. The van der Waals surface area contributed by atoms with E-state index in [0.29, 0.717) is 36.7 Å². The first-order valence-corrected chi connectivity index (χ1v) is 11.8. The molecule has 1 N–H and O–H groups in total. The second kappa shape index (κ2) is 9.09. The molecule has 5 heterocycles. The summed E-state index contributed by atoms with van der Waals surface area (Å²) in [6, 6.07) is 16.9. The summed E-state index contributed by atoms with van der Waals surface area (Å²) in [7, 11) is 0. The number of benzene rings is 1. The van der Waals surface area contributed by atoms with Crippen molar-refractivity contribution in [2.45, 2.75) is 38.6 Å². The lowest BCUT2D eigenvalue weighted by atomic mass is 10.1. The Kier molecular flexibility index (Phi) is 5.63. The highest BCUT2D eigenvalue weighted by molar-refractivity contribution is 5.88. The second-order valence-electron chi connectivity index (χ2n) is 8.90. The summed E-state index contributed by atoms with van der Waals surface area (Å²) in [5, 5.41) is 9.41. The molecule has 1 saturated heterocycles. The Morgan fingerprint density at radius 2 is 1.94 bits per heavy atom. The number of carboxylic acids is 1. The maximum absolute atomic E-state index is 11.5. The number of nitrogens with zero attached hydrogens (tertiary/aromatic N) is 5. The Morgan fingerprint density at radius 1 is 1.09 bits per heavy atom. The van der Waals surface area contributed by atoms with E-state index < -0.39 is 5.97 Å². The van der Waals surface area contributed by atoms with Gasteiger partial charge in [-0.15, -0.1) is 0 Å². The maximum Gasteiger partial charge on any atom is 0.354 e. The number of pyridine rings is 2. The molecule has 1 aromatic carbocycles. The normalized spacial score (nSPS) is 17.7. The van der Waals surface area contributed by atoms with Crippen LogP contribution in [0.1, 0.15) is 34.0 Å². The van der Waals surface area contributed by atoms with Gasteiger partial charge in [0, 0.05) is 25.8 Å². The molecule has 0 spiro atoms. The number of aromatic nitrogens is 4. The number of hydrogen-bond donors (Lipinski definition) is 1. The molecule has 1 atom stereocenters. The molecule has 0 unspecified atom stereocenters. The molecule has 6 rings (SSSR count). The lowest BCUT2D eigenvalue weighted by molar-refractivity contribution is -0.0592. The number of ether oxygens (including phenoxy) is 2. The van der Waals surface area contributed by atoms with Crippen molar-refractivity contribution in [2.75, 3.05) is 13.2 Å². The van der Waals surface area contributed by atoms with Crippen molar-refractivity contribution in [2.24, 2.45) is 0 Å². The molecule has 9 heteroatoms. The van der Waals surface area contributed by atoms with Crippen molar-refractivity contribution >= 4 is 17.1 Å². The minimum Gasteiger partial charge on any atom is -0.477 e. The van der Waals surface area contributed by atoms with Gasteiger partial charge >= 0.3 is 5.97 Å². The van der Waals surface area contributed by atoms with Gasteiger partial charge in [0.25, 0.3) is 0 Å². The van der Waals surface area contributed by atoms with Crippen LogP contribution in [0.4, 0.5) is 0 Å². The summed E-state index contributed by atoms with van der Waals surface area (Å²) in [6.07, 6.45) is 1.97. The smallest absolute Gasteiger partial charge is 0.354 e. The van der Waals surface area contributed by atoms with E-state index in [-0.39, 0.29) is 11.8 Å². The Morgan fingerprint density at radius 3 is 2.71 bits per heavy atom. The number of hydrogen-bond acceptors (Lipinski definition) is 7. The van der Waals surface area contributed by atoms with Crippen LogP contribution in [0.5, 0.6) is 11.6 Å². The molecular formula is C26H25N5O4. The fourth-order valence-corrected chi connectivity index (χ4v) is 4.56. The third-order valence-corrected chi connectivity index (χ3v) is 6.51. The zero-order valence-corrected chi connectivity index (χ0v) is 19.1. The van der Waals surface area contributed by atoms with Crippen molar-refractivity contribution in [3.8, 4) is 11.6 Å². The van der Waals surface area contributed by atoms with Gasteiger partial charge < -0.3 is 19.1 Å². The predicted molar refractivity (Wildman–Crippen MR) is 127 cm³/mol. The van der Waals surface area contributed by atoms with Gasteiger partial charge in [0.15, 0.2) is 11.3 Å². The van der Waals surface area contributed by atoms with Crippen LogP contribution >= 0.6 is 0 Å². The number of carbonyl (C=O) groups is 1. The molecule has 2 aliphatic heterocycles. The van der Waals surface area contributed by atoms with Gasteiger partial charge in [-0.2, -0.15) is 0 Å². The largest absolute Gasteiger partial charge is 0.477 e. The van der Waals surface area contributed by atoms with E-state index in [1.807, 2.05) is 41.0 Å². The van der Waals surface area contributed by atoms with Crippen LogP contribution in [0.2, 0.25) is 0 Å². The fourth-order valence-electron chi connectivity index (χ4n) is 4.56. The topological polar surface area (TPSA) is 103 Å². The Labute approximate surface area is 202 Å².